The van der Waals surface area contributed by atoms with Crippen LogP contribution in [0.4, 0.5) is 10.7 Å². The summed E-state index contributed by atoms with van der Waals surface area (Å²) >= 11 is 0. The SMILES string of the molecule is O=C(NCCc1nnc2n1CCCCC2)Nc1nc2ccccn2n1. The number of carbonyl (C=O) groups excluding carboxylic acids is 1. The maximum atomic E-state index is 12.0. The smallest absolute Gasteiger partial charge is 0.321 e. The van der Waals surface area contributed by atoms with E-state index in [1.165, 1.54) is 12.8 Å². The molecule has 130 valence electrons. The molecule has 0 bridgehead atoms. The van der Waals surface area contributed by atoms with Crippen LogP contribution in [-0.2, 0) is 19.4 Å². The molecule has 0 aliphatic carbocycles. The summed E-state index contributed by atoms with van der Waals surface area (Å²) in [6, 6.07) is 5.22. The summed E-state index contributed by atoms with van der Waals surface area (Å²) < 4.78 is 3.80. The molecule has 9 heteroatoms. The fourth-order valence-electron chi connectivity index (χ4n) is 3.05. The second kappa shape index (κ2) is 6.88. The van der Waals surface area contributed by atoms with Gasteiger partial charge in [0.05, 0.1) is 0 Å². The van der Waals surface area contributed by atoms with Gasteiger partial charge in [0, 0.05) is 32.1 Å². The predicted molar refractivity (Wildman–Crippen MR) is 91.3 cm³/mol. The Balaban J connectivity index is 1.31. The number of urea groups is 1. The fourth-order valence-corrected chi connectivity index (χ4v) is 3.05. The van der Waals surface area contributed by atoms with Crippen molar-refractivity contribution in [3.05, 3.63) is 36.0 Å². The standard InChI is InChI=1S/C16H20N8O/c25-16(19-15-18-12-6-3-5-11-24(12)22-15)17-9-8-14-21-20-13-7-2-1-4-10-23(13)14/h3,5-6,11H,1-2,4,7-10H2,(H2,17,19,22,25). The highest BCUT2D eigenvalue weighted by Gasteiger charge is 2.14. The topological polar surface area (TPSA) is 102 Å². The van der Waals surface area contributed by atoms with Crippen molar-refractivity contribution >= 4 is 17.6 Å². The lowest BCUT2D eigenvalue weighted by Crippen LogP contribution is -2.31. The third-order valence-corrected chi connectivity index (χ3v) is 4.29. The van der Waals surface area contributed by atoms with Gasteiger partial charge in [-0.2, -0.15) is 4.98 Å². The zero-order valence-electron chi connectivity index (χ0n) is 13.9. The van der Waals surface area contributed by atoms with Crippen LogP contribution in [0.1, 0.15) is 30.9 Å². The number of pyridine rings is 1. The molecule has 0 unspecified atom stereocenters. The molecule has 1 aliphatic rings. The number of aromatic nitrogens is 6. The number of nitrogens with zero attached hydrogens (tertiary/aromatic N) is 6. The molecule has 2 amide bonds. The second-order valence-electron chi connectivity index (χ2n) is 6.06. The minimum absolute atomic E-state index is 0.278. The minimum Gasteiger partial charge on any atom is -0.337 e. The van der Waals surface area contributed by atoms with E-state index in [1.807, 2.05) is 18.2 Å². The normalized spacial score (nSPS) is 14.1. The molecular formula is C16H20N8O. The van der Waals surface area contributed by atoms with Crippen LogP contribution in [0.5, 0.6) is 0 Å². The first kappa shape index (κ1) is 15.6. The van der Waals surface area contributed by atoms with Crippen LogP contribution < -0.4 is 10.6 Å². The molecule has 0 saturated carbocycles. The Morgan fingerprint density at radius 3 is 3.08 bits per heavy atom. The zero-order valence-corrected chi connectivity index (χ0v) is 13.9. The van der Waals surface area contributed by atoms with Gasteiger partial charge in [0.1, 0.15) is 11.6 Å². The molecule has 3 aromatic rings. The average molecular weight is 340 g/mol. The lowest BCUT2D eigenvalue weighted by atomic mass is 10.2. The highest BCUT2D eigenvalue weighted by Crippen LogP contribution is 2.14. The van der Waals surface area contributed by atoms with Crippen molar-refractivity contribution in [3.63, 3.8) is 0 Å². The molecule has 0 saturated heterocycles. The molecule has 0 fully saturated rings. The van der Waals surface area contributed by atoms with Crippen molar-refractivity contribution in [1.82, 2.24) is 34.7 Å². The van der Waals surface area contributed by atoms with Gasteiger partial charge < -0.3 is 9.88 Å². The number of hydrogen-bond acceptors (Lipinski definition) is 5. The number of carbonyl (C=O) groups is 1. The molecular weight excluding hydrogens is 320 g/mol. The molecule has 4 rings (SSSR count). The highest BCUT2D eigenvalue weighted by molar-refractivity contribution is 5.87. The van der Waals surface area contributed by atoms with Crippen molar-refractivity contribution in [2.45, 2.75) is 38.6 Å². The van der Waals surface area contributed by atoms with Gasteiger partial charge in [-0.25, -0.2) is 9.31 Å². The maximum Gasteiger partial charge on any atom is 0.321 e. The summed E-state index contributed by atoms with van der Waals surface area (Å²) in [4.78, 5) is 16.2. The fraction of sp³-hybridized carbons (Fsp3) is 0.438. The van der Waals surface area contributed by atoms with Crippen LogP contribution in [0.2, 0.25) is 0 Å². The molecule has 25 heavy (non-hydrogen) atoms. The Bertz CT molecular complexity index is 850. The van der Waals surface area contributed by atoms with E-state index in [-0.39, 0.29) is 12.0 Å². The van der Waals surface area contributed by atoms with Gasteiger partial charge in [0.25, 0.3) is 5.95 Å². The van der Waals surface area contributed by atoms with E-state index in [4.69, 9.17) is 0 Å². The van der Waals surface area contributed by atoms with E-state index in [2.05, 4.69) is 35.5 Å². The first-order valence-electron chi connectivity index (χ1n) is 8.57. The zero-order chi connectivity index (χ0) is 17.1. The molecule has 1 aliphatic heterocycles. The number of hydrogen-bond donors (Lipinski definition) is 2. The summed E-state index contributed by atoms with van der Waals surface area (Å²) in [7, 11) is 0. The van der Waals surface area contributed by atoms with Gasteiger partial charge in [0.2, 0.25) is 0 Å². The number of aryl methyl sites for hydroxylation is 1. The first-order valence-corrected chi connectivity index (χ1v) is 8.57. The number of rotatable bonds is 4. The third kappa shape index (κ3) is 3.44. The van der Waals surface area contributed by atoms with Crippen molar-refractivity contribution in [3.8, 4) is 0 Å². The molecule has 2 N–H and O–H groups in total. The molecule has 0 atom stereocenters. The minimum atomic E-state index is -0.327. The summed E-state index contributed by atoms with van der Waals surface area (Å²) in [5.41, 5.74) is 0.684. The van der Waals surface area contributed by atoms with Crippen molar-refractivity contribution in [2.75, 3.05) is 11.9 Å². The lowest BCUT2D eigenvalue weighted by Gasteiger charge is -2.07. The third-order valence-electron chi connectivity index (χ3n) is 4.29. The second-order valence-corrected chi connectivity index (χ2v) is 6.06. The van der Waals surface area contributed by atoms with Gasteiger partial charge in [-0.3, -0.25) is 5.32 Å². The van der Waals surface area contributed by atoms with E-state index in [0.29, 0.717) is 18.6 Å². The number of anilines is 1. The highest BCUT2D eigenvalue weighted by atomic mass is 16.2. The van der Waals surface area contributed by atoms with Gasteiger partial charge in [-0.15, -0.1) is 15.3 Å². The summed E-state index contributed by atoms with van der Waals surface area (Å²) in [5, 5.41) is 18.2. The van der Waals surface area contributed by atoms with Crippen LogP contribution in [0.3, 0.4) is 0 Å². The van der Waals surface area contributed by atoms with Crippen LogP contribution in [0, 0.1) is 0 Å². The van der Waals surface area contributed by atoms with Crippen molar-refractivity contribution in [2.24, 2.45) is 0 Å². The van der Waals surface area contributed by atoms with E-state index < -0.39 is 0 Å². The maximum absolute atomic E-state index is 12.0. The molecule has 0 radical (unpaired) electrons. The quantitative estimate of drug-likeness (QED) is 0.748. The van der Waals surface area contributed by atoms with Crippen LogP contribution in [0.15, 0.2) is 24.4 Å². The molecule has 4 heterocycles. The van der Waals surface area contributed by atoms with Gasteiger partial charge in [-0.05, 0) is 25.0 Å². The van der Waals surface area contributed by atoms with E-state index in [1.54, 1.807) is 10.7 Å². The van der Waals surface area contributed by atoms with Crippen LogP contribution >= 0.6 is 0 Å². The lowest BCUT2D eigenvalue weighted by molar-refractivity contribution is 0.252. The van der Waals surface area contributed by atoms with Crippen molar-refractivity contribution < 1.29 is 4.79 Å². The average Bonchev–Trinajstić information content (AvgIpc) is 3.10. The summed E-state index contributed by atoms with van der Waals surface area (Å²) in [6.45, 7) is 1.45. The molecule has 3 aromatic heterocycles. The van der Waals surface area contributed by atoms with Crippen molar-refractivity contribution in [1.29, 1.82) is 0 Å². The largest absolute Gasteiger partial charge is 0.337 e. The Hall–Kier alpha value is -2.97. The van der Waals surface area contributed by atoms with E-state index >= 15 is 0 Å². The Morgan fingerprint density at radius 2 is 2.16 bits per heavy atom. The number of fused-ring (bicyclic) bond motifs is 2. The predicted octanol–water partition coefficient (Wildman–Crippen LogP) is 1.41. The van der Waals surface area contributed by atoms with E-state index in [0.717, 1.165) is 31.0 Å². The Morgan fingerprint density at radius 1 is 1.20 bits per heavy atom. The monoisotopic (exact) mass is 340 g/mol. The van der Waals surface area contributed by atoms with Crippen LogP contribution in [-0.4, -0.2) is 41.9 Å². The number of nitrogens with one attached hydrogen (secondary N) is 2. The van der Waals surface area contributed by atoms with Gasteiger partial charge >= 0.3 is 6.03 Å². The molecule has 0 aromatic carbocycles. The first-order chi connectivity index (χ1) is 12.3. The van der Waals surface area contributed by atoms with Gasteiger partial charge in [-0.1, -0.05) is 12.5 Å². The summed E-state index contributed by atoms with van der Waals surface area (Å²) in [5.74, 6) is 2.27. The summed E-state index contributed by atoms with van der Waals surface area (Å²) in [6.07, 6.45) is 6.98. The Labute approximate surface area is 144 Å². The van der Waals surface area contributed by atoms with E-state index in [9.17, 15) is 4.79 Å². The Kier molecular flexibility index (Phi) is 4.28. The number of amides is 2. The molecule has 9 nitrogen and oxygen atoms in total. The molecule has 0 spiro atoms. The van der Waals surface area contributed by atoms with Gasteiger partial charge in [0.15, 0.2) is 5.65 Å². The van der Waals surface area contributed by atoms with Crippen LogP contribution in [0.25, 0.3) is 5.65 Å².